The number of benzene rings is 2. The molecule has 5 heteroatoms. The largest absolute Gasteiger partial charge is 0.331 e. The van der Waals surface area contributed by atoms with Gasteiger partial charge < -0.3 is 9.47 Å². The van der Waals surface area contributed by atoms with E-state index < -0.39 is 0 Å². The average Bonchev–Trinajstić information content (AvgIpc) is 3.14. The van der Waals surface area contributed by atoms with Gasteiger partial charge in [0.05, 0.1) is 12.6 Å². The van der Waals surface area contributed by atoms with Gasteiger partial charge in [0, 0.05) is 25.4 Å². The molecule has 2 aromatic carbocycles. The van der Waals surface area contributed by atoms with E-state index in [-0.39, 0.29) is 24.2 Å². The van der Waals surface area contributed by atoms with Gasteiger partial charge in [0.15, 0.2) is 0 Å². The predicted molar refractivity (Wildman–Crippen MR) is 96.7 cm³/mol. The molecule has 0 N–H and O–H groups in total. The Morgan fingerprint density at radius 3 is 2.69 bits per heavy atom. The summed E-state index contributed by atoms with van der Waals surface area (Å²) in [7, 11) is 0. The number of hydrogen-bond donors (Lipinski definition) is 0. The number of carbonyl (C=O) groups excluding carboxylic acids is 1. The van der Waals surface area contributed by atoms with Gasteiger partial charge in [-0.05, 0) is 23.6 Å². The van der Waals surface area contributed by atoms with E-state index in [1.54, 1.807) is 24.4 Å². The van der Waals surface area contributed by atoms with Crippen molar-refractivity contribution in [3.63, 3.8) is 0 Å². The molecule has 0 saturated carbocycles. The van der Waals surface area contributed by atoms with Crippen molar-refractivity contribution in [3.05, 3.63) is 89.8 Å². The summed E-state index contributed by atoms with van der Waals surface area (Å²) in [5.74, 6) is 0.655. The molecule has 0 saturated heterocycles. The Morgan fingerprint density at radius 2 is 1.88 bits per heavy atom. The number of aromatic nitrogens is 2. The van der Waals surface area contributed by atoms with Gasteiger partial charge in [-0.1, -0.05) is 48.5 Å². The highest BCUT2D eigenvalue weighted by molar-refractivity contribution is 5.77. The molecule has 0 aliphatic carbocycles. The first-order valence-electron chi connectivity index (χ1n) is 8.80. The number of carbonyl (C=O) groups is 1. The molecule has 4 rings (SSSR count). The predicted octanol–water partition coefficient (Wildman–Crippen LogP) is 3.74. The van der Waals surface area contributed by atoms with E-state index >= 15 is 0 Å². The third-order valence-electron chi connectivity index (χ3n) is 4.93. The fraction of sp³-hybridized carbons (Fsp3) is 0.238. The number of fused-ring (bicyclic) bond motifs is 1. The third kappa shape index (κ3) is 3.25. The SMILES string of the molecule is O=C(CCc1ccccc1F)N1Cc2nccn2CC1c1ccccc1. The van der Waals surface area contributed by atoms with E-state index in [9.17, 15) is 9.18 Å². The number of nitrogens with zero attached hydrogens (tertiary/aromatic N) is 3. The van der Waals surface area contributed by atoms with Crippen molar-refractivity contribution in [1.29, 1.82) is 0 Å². The van der Waals surface area contributed by atoms with Crippen molar-refractivity contribution in [3.8, 4) is 0 Å². The molecule has 4 nitrogen and oxygen atoms in total. The average molecular weight is 349 g/mol. The summed E-state index contributed by atoms with van der Waals surface area (Å²) in [6, 6.07) is 16.6. The molecule has 0 fully saturated rings. The Bertz CT molecular complexity index is 906. The van der Waals surface area contributed by atoms with Crippen LogP contribution >= 0.6 is 0 Å². The maximum absolute atomic E-state index is 13.8. The first-order valence-corrected chi connectivity index (χ1v) is 8.80. The lowest BCUT2D eigenvalue weighted by molar-refractivity contribution is -0.135. The number of halogens is 1. The second-order valence-corrected chi connectivity index (χ2v) is 6.54. The maximum atomic E-state index is 13.8. The Balaban J connectivity index is 1.56. The molecular formula is C21H20FN3O. The van der Waals surface area contributed by atoms with Crippen LogP contribution in [-0.4, -0.2) is 20.4 Å². The summed E-state index contributed by atoms with van der Waals surface area (Å²) in [5.41, 5.74) is 1.68. The van der Waals surface area contributed by atoms with Crippen molar-refractivity contribution in [2.24, 2.45) is 0 Å². The van der Waals surface area contributed by atoms with Crippen LogP contribution in [0.1, 0.15) is 29.4 Å². The first kappa shape index (κ1) is 16.5. The highest BCUT2D eigenvalue weighted by Crippen LogP contribution is 2.30. The fourth-order valence-corrected chi connectivity index (χ4v) is 3.51. The zero-order valence-electron chi connectivity index (χ0n) is 14.4. The van der Waals surface area contributed by atoms with Crippen molar-refractivity contribution in [1.82, 2.24) is 14.5 Å². The summed E-state index contributed by atoms with van der Waals surface area (Å²) < 4.78 is 15.9. The van der Waals surface area contributed by atoms with Gasteiger partial charge >= 0.3 is 0 Å². The minimum absolute atomic E-state index is 0.0244. The molecule has 132 valence electrons. The van der Waals surface area contributed by atoms with Crippen molar-refractivity contribution < 1.29 is 9.18 Å². The van der Waals surface area contributed by atoms with Crippen LogP contribution in [0.15, 0.2) is 67.0 Å². The molecule has 2 heterocycles. The minimum Gasteiger partial charge on any atom is -0.331 e. The van der Waals surface area contributed by atoms with Gasteiger partial charge in [-0.25, -0.2) is 9.37 Å². The molecule has 1 amide bonds. The van der Waals surface area contributed by atoms with E-state index in [4.69, 9.17) is 0 Å². The molecule has 0 spiro atoms. The summed E-state index contributed by atoms with van der Waals surface area (Å²) in [6.07, 6.45) is 4.40. The van der Waals surface area contributed by atoms with Crippen molar-refractivity contribution >= 4 is 5.91 Å². The molecule has 26 heavy (non-hydrogen) atoms. The zero-order valence-corrected chi connectivity index (χ0v) is 14.4. The molecule has 1 atom stereocenters. The Labute approximate surface area is 151 Å². The number of hydrogen-bond acceptors (Lipinski definition) is 2. The molecule has 1 aromatic heterocycles. The van der Waals surface area contributed by atoms with E-state index in [1.807, 2.05) is 41.4 Å². The Hall–Kier alpha value is -2.95. The Kier molecular flexibility index (Phi) is 4.52. The van der Waals surface area contributed by atoms with Crippen LogP contribution in [0.5, 0.6) is 0 Å². The summed E-state index contributed by atoms with van der Waals surface area (Å²) >= 11 is 0. The highest BCUT2D eigenvalue weighted by atomic mass is 19.1. The van der Waals surface area contributed by atoms with Crippen LogP contribution in [0.25, 0.3) is 0 Å². The van der Waals surface area contributed by atoms with E-state index in [2.05, 4.69) is 9.55 Å². The van der Waals surface area contributed by atoms with Crippen molar-refractivity contribution in [2.45, 2.75) is 32.0 Å². The number of rotatable bonds is 4. The number of aryl methyl sites for hydroxylation is 1. The fourth-order valence-electron chi connectivity index (χ4n) is 3.51. The minimum atomic E-state index is -0.255. The van der Waals surface area contributed by atoms with Crippen LogP contribution in [0.2, 0.25) is 0 Å². The lowest BCUT2D eigenvalue weighted by Gasteiger charge is -2.36. The first-order chi connectivity index (χ1) is 12.7. The normalized spacial score (nSPS) is 16.3. The topological polar surface area (TPSA) is 38.1 Å². The molecule has 1 aliphatic rings. The number of amides is 1. The van der Waals surface area contributed by atoms with Gasteiger partial charge in [-0.15, -0.1) is 0 Å². The third-order valence-corrected chi connectivity index (χ3v) is 4.93. The summed E-state index contributed by atoms with van der Waals surface area (Å²) in [5, 5.41) is 0. The summed E-state index contributed by atoms with van der Waals surface area (Å²) in [4.78, 5) is 19.2. The van der Waals surface area contributed by atoms with Crippen molar-refractivity contribution in [2.75, 3.05) is 0 Å². The van der Waals surface area contributed by atoms with E-state index in [0.29, 0.717) is 25.1 Å². The van der Waals surface area contributed by atoms with Crippen LogP contribution in [0.3, 0.4) is 0 Å². The lowest BCUT2D eigenvalue weighted by atomic mass is 10.0. The van der Waals surface area contributed by atoms with E-state index in [1.165, 1.54) is 6.07 Å². The quantitative estimate of drug-likeness (QED) is 0.720. The van der Waals surface area contributed by atoms with Crippen LogP contribution < -0.4 is 0 Å². The standard InChI is InChI=1S/C21H20FN3O/c22-18-9-5-4-6-16(18)10-11-21(26)25-15-20-23-12-13-24(20)14-19(25)17-7-2-1-3-8-17/h1-9,12-13,19H,10-11,14-15H2. The Morgan fingerprint density at radius 1 is 1.12 bits per heavy atom. The van der Waals surface area contributed by atoms with Crippen LogP contribution in [0, 0.1) is 5.82 Å². The molecule has 1 aliphatic heterocycles. The molecule has 3 aromatic rings. The van der Waals surface area contributed by atoms with Gasteiger partial charge in [0.1, 0.15) is 11.6 Å². The van der Waals surface area contributed by atoms with Crippen LogP contribution in [0.4, 0.5) is 4.39 Å². The van der Waals surface area contributed by atoms with Crippen LogP contribution in [-0.2, 0) is 24.3 Å². The van der Waals surface area contributed by atoms with E-state index in [0.717, 1.165) is 11.4 Å². The maximum Gasteiger partial charge on any atom is 0.223 e. The smallest absolute Gasteiger partial charge is 0.223 e. The second kappa shape index (κ2) is 7.12. The highest BCUT2D eigenvalue weighted by Gasteiger charge is 2.31. The summed E-state index contributed by atoms with van der Waals surface area (Å²) in [6.45, 7) is 1.16. The van der Waals surface area contributed by atoms with Gasteiger partial charge in [0.2, 0.25) is 5.91 Å². The van der Waals surface area contributed by atoms with Gasteiger partial charge in [0.25, 0.3) is 0 Å². The van der Waals surface area contributed by atoms with Gasteiger partial charge in [-0.2, -0.15) is 0 Å². The second-order valence-electron chi connectivity index (χ2n) is 6.54. The zero-order chi connectivity index (χ0) is 17.9. The molecule has 1 unspecified atom stereocenters. The molecule has 0 radical (unpaired) electrons. The monoisotopic (exact) mass is 349 g/mol. The number of imidazole rings is 1. The molecule has 0 bridgehead atoms. The van der Waals surface area contributed by atoms with Gasteiger partial charge in [-0.3, -0.25) is 4.79 Å². The molecular weight excluding hydrogens is 329 g/mol. The lowest BCUT2D eigenvalue weighted by Crippen LogP contribution is -2.41.